The first-order valence-electron chi connectivity index (χ1n) is 6.76. The summed E-state index contributed by atoms with van der Waals surface area (Å²) in [6, 6.07) is 0.113. The fourth-order valence-corrected chi connectivity index (χ4v) is 2.82. The SMILES string of the molecule is COC(=O)CN(C(=O)C1CNC(=O)C1)C1CCCC1. The molecule has 1 atom stereocenters. The van der Waals surface area contributed by atoms with Crippen molar-refractivity contribution in [2.45, 2.75) is 38.1 Å². The Labute approximate surface area is 112 Å². The average molecular weight is 268 g/mol. The normalized spacial score (nSPS) is 23.2. The molecule has 2 fully saturated rings. The van der Waals surface area contributed by atoms with Crippen LogP contribution >= 0.6 is 0 Å². The summed E-state index contributed by atoms with van der Waals surface area (Å²) in [5.41, 5.74) is 0. The monoisotopic (exact) mass is 268 g/mol. The van der Waals surface area contributed by atoms with Crippen molar-refractivity contribution in [2.24, 2.45) is 5.92 Å². The quantitative estimate of drug-likeness (QED) is 0.732. The maximum absolute atomic E-state index is 12.5. The Morgan fingerprint density at radius 2 is 2.05 bits per heavy atom. The van der Waals surface area contributed by atoms with Crippen molar-refractivity contribution in [3.05, 3.63) is 0 Å². The van der Waals surface area contributed by atoms with Gasteiger partial charge in [0.2, 0.25) is 11.8 Å². The molecule has 1 aliphatic carbocycles. The highest BCUT2D eigenvalue weighted by molar-refractivity contribution is 5.90. The Bertz CT molecular complexity index is 377. The molecule has 6 nitrogen and oxygen atoms in total. The molecule has 106 valence electrons. The molecule has 1 heterocycles. The topological polar surface area (TPSA) is 75.7 Å². The van der Waals surface area contributed by atoms with Gasteiger partial charge >= 0.3 is 5.97 Å². The smallest absolute Gasteiger partial charge is 0.325 e. The van der Waals surface area contributed by atoms with Crippen LogP contribution in [0.1, 0.15) is 32.1 Å². The van der Waals surface area contributed by atoms with Crippen LogP contribution in [0.25, 0.3) is 0 Å². The molecular weight excluding hydrogens is 248 g/mol. The van der Waals surface area contributed by atoms with Crippen molar-refractivity contribution in [3.63, 3.8) is 0 Å². The van der Waals surface area contributed by atoms with E-state index >= 15 is 0 Å². The summed E-state index contributed by atoms with van der Waals surface area (Å²) in [6.07, 6.45) is 4.24. The van der Waals surface area contributed by atoms with E-state index in [2.05, 4.69) is 10.1 Å². The second-order valence-electron chi connectivity index (χ2n) is 5.19. The lowest BCUT2D eigenvalue weighted by Gasteiger charge is -2.29. The number of nitrogens with one attached hydrogen (secondary N) is 1. The molecule has 2 rings (SSSR count). The molecule has 6 heteroatoms. The van der Waals surface area contributed by atoms with E-state index in [4.69, 9.17) is 0 Å². The zero-order valence-corrected chi connectivity index (χ0v) is 11.2. The van der Waals surface area contributed by atoms with E-state index in [-0.39, 0.29) is 36.7 Å². The number of methoxy groups -OCH3 is 1. The van der Waals surface area contributed by atoms with Crippen LogP contribution in [0.5, 0.6) is 0 Å². The van der Waals surface area contributed by atoms with Gasteiger partial charge in [-0.15, -0.1) is 0 Å². The molecule has 0 spiro atoms. The molecule has 2 aliphatic rings. The number of amides is 2. The summed E-state index contributed by atoms with van der Waals surface area (Å²) >= 11 is 0. The van der Waals surface area contributed by atoms with E-state index in [1.54, 1.807) is 4.90 Å². The lowest BCUT2D eigenvalue weighted by molar-refractivity contribution is -0.150. The largest absolute Gasteiger partial charge is 0.468 e. The molecule has 0 aromatic heterocycles. The zero-order valence-electron chi connectivity index (χ0n) is 11.2. The second-order valence-corrected chi connectivity index (χ2v) is 5.19. The molecule has 1 unspecified atom stereocenters. The first-order valence-corrected chi connectivity index (χ1v) is 6.76. The highest BCUT2D eigenvalue weighted by Crippen LogP contribution is 2.26. The Morgan fingerprint density at radius 1 is 1.37 bits per heavy atom. The van der Waals surface area contributed by atoms with E-state index in [9.17, 15) is 14.4 Å². The van der Waals surface area contributed by atoms with E-state index in [0.717, 1.165) is 25.7 Å². The molecule has 1 saturated carbocycles. The summed E-state index contributed by atoms with van der Waals surface area (Å²) in [7, 11) is 1.32. The Kier molecular flexibility index (Phi) is 4.39. The van der Waals surface area contributed by atoms with Gasteiger partial charge in [-0.25, -0.2) is 0 Å². The number of esters is 1. The van der Waals surface area contributed by atoms with Gasteiger partial charge in [0.1, 0.15) is 6.54 Å². The number of ether oxygens (including phenoxy) is 1. The fourth-order valence-electron chi connectivity index (χ4n) is 2.82. The molecule has 0 aromatic carbocycles. The van der Waals surface area contributed by atoms with Crippen molar-refractivity contribution >= 4 is 17.8 Å². The highest BCUT2D eigenvalue weighted by atomic mass is 16.5. The third kappa shape index (κ3) is 3.24. The van der Waals surface area contributed by atoms with Gasteiger partial charge in [0.25, 0.3) is 0 Å². The number of nitrogens with zero attached hydrogens (tertiary/aromatic N) is 1. The number of rotatable bonds is 4. The van der Waals surface area contributed by atoms with Gasteiger partial charge in [0.05, 0.1) is 13.0 Å². The molecular formula is C13H20N2O4. The molecule has 2 amide bonds. The van der Waals surface area contributed by atoms with E-state index < -0.39 is 5.97 Å². The Morgan fingerprint density at radius 3 is 2.58 bits per heavy atom. The van der Waals surface area contributed by atoms with Gasteiger partial charge in [-0.05, 0) is 12.8 Å². The first-order chi connectivity index (χ1) is 9.11. The van der Waals surface area contributed by atoms with Gasteiger partial charge in [-0.1, -0.05) is 12.8 Å². The molecule has 1 aliphatic heterocycles. The molecule has 19 heavy (non-hydrogen) atoms. The summed E-state index contributed by atoms with van der Waals surface area (Å²) in [6.45, 7) is 0.368. The van der Waals surface area contributed by atoms with Crippen LogP contribution in [0.2, 0.25) is 0 Å². The number of hydrogen-bond donors (Lipinski definition) is 1. The van der Waals surface area contributed by atoms with Crippen LogP contribution in [0.15, 0.2) is 0 Å². The predicted molar refractivity (Wildman–Crippen MR) is 67.1 cm³/mol. The third-order valence-corrected chi connectivity index (χ3v) is 3.90. The molecule has 0 aromatic rings. The minimum atomic E-state index is -0.405. The minimum Gasteiger partial charge on any atom is -0.468 e. The average Bonchev–Trinajstić information content (AvgIpc) is 3.05. The molecule has 1 saturated heterocycles. The maximum atomic E-state index is 12.5. The number of hydrogen-bond acceptors (Lipinski definition) is 4. The van der Waals surface area contributed by atoms with Crippen molar-refractivity contribution < 1.29 is 19.1 Å². The van der Waals surface area contributed by atoms with Crippen molar-refractivity contribution in [2.75, 3.05) is 20.2 Å². The zero-order chi connectivity index (χ0) is 13.8. The predicted octanol–water partition coefficient (Wildman–Crippen LogP) is 0.0667. The lowest BCUT2D eigenvalue weighted by Crippen LogP contribution is -2.46. The van der Waals surface area contributed by atoms with Gasteiger partial charge in [0.15, 0.2) is 0 Å². The van der Waals surface area contributed by atoms with Crippen molar-refractivity contribution in [1.82, 2.24) is 10.2 Å². The van der Waals surface area contributed by atoms with Gasteiger partial charge in [-0.2, -0.15) is 0 Å². The summed E-state index contributed by atoms with van der Waals surface area (Å²) in [4.78, 5) is 36.7. The molecule has 0 bridgehead atoms. The summed E-state index contributed by atoms with van der Waals surface area (Å²) in [5.74, 6) is -0.936. The van der Waals surface area contributed by atoms with E-state index in [1.165, 1.54) is 7.11 Å². The van der Waals surface area contributed by atoms with Crippen LogP contribution in [0.4, 0.5) is 0 Å². The second kappa shape index (κ2) is 6.04. The first kappa shape index (κ1) is 13.8. The summed E-state index contributed by atoms with van der Waals surface area (Å²) in [5, 5.41) is 2.66. The number of carbonyl (C=O) groups is 3. The molecule has 1 N–H and O–H groups in total. The van der Waals surface area contributed by atoms with Crippen LogP contribution in [-0.4, -0.2) is 48.9 Å². The van der Waals surface area contributed by atoms with Crippen LogP contribution < -0.4 is 5.32 Å². The van der Waals surface area contributed by atoms with Gasteiger partial charge in [0, 0.05) is 19.0 Å². The van der Waals surface area contributed by atoms with E-state index in [1.807, 2.05) is 0 Å². The Hall–Kier alpha value is -1.59. The lowest BCUT2D eigenvalue weighted by atomic mass is 10.1. The van der Waals surface area contributed by atoms with Crippen molar-refractivity contribution in [1.29, 1.82) is 0 Å². The molecule has 0 radical (unpaired) electrons. The highest BCUT2D eigenvalue weighted by Gasteiger charge is 2.36. The van der Waals surface area contributed by atoms with Crippen LogP contribution in [0.3, 0.4) is 0 Å². The van der Waals surface area contributed by atoms with Crippen LogP contribution in [0, 0.1) is 5.92 Å². The fraction of sp³-hybridized carbons (Fsp3) is 0.769. The van der Waals surface area contributed by atoms with Gasteiger partial charge < -0.3 is 15.0 Å². The van der Waals surface area contributed by atoms with Crippen LogP contribution in [-0.2, 0) is 19.1 Å². The number of carbonyl (C=O) groups excluding carboxylic acids is 3. The summed E-state index contributed by atoms with van der Waals surface area (Å²) < 4.78 is 4.66. The van der Waals surface area contributed by atoms with E-state index in [0.29, 0.717) is 6.54 Å². The van der Waals surface area contributed by atoms with Crippen molar-refractivity contribution in [3.8, 4) is 0 Å². The van der Waals surface area contributed by atoms with Gasteiger partial charge in [-0.3, -0.25) is 14.4 Å². The maximum Gasteiger partial charge on any atom is 0.325 e. The Balaban J connectivity index is 2.04. The standard InChI is InChI=1S/C13H20N2O4/c1-19-12(17)8-15(10-4-2-3-5-10)13(18)9-6-11(16)14-7-9/h9-10H,2-8H2,1H3,(H,14,16). The minimum absolute atomic E-state index is 0.00924. The third-order valence-electron chi connectivity index (χ3n) is 3.90.